The smallest absolute Gasteiger partial charge is 0.401 e. The Balaban J connectivity index is 2.87. The van der Waals surface area contributed by atoms with Crippen molar-refractivity contribution in [2.45, 2.75) is 32.6 Å². The van der Waals surface area contributed by atoms with Crippen LogP contribution in [0.4, 0.5) is 17.6 Å². The fourth-order valence-corrected chi connectivity index (χ4v) is 1.56. The summed E-state index contributed by atoms with van der Waals surface area (Å²) in [5, 5.41) is 9.44. The normalized spacial score (nSPS) is 12.4. The van der Waals surface area contributed by atoms with Crippen molar-refractivity contribution in [1.82, 2.24) is 4.90 Å². The lowest BCUT2D eigenvalue weighted by Gasteiger charge is -2.27. The average Bonchev–Trinajstić information content (AvgIpc) is 2.21. The zero-order valence-electron chi connectivity index (χ0n) is 10.1. The highest BCUT2D eigenvalue weighted by atomic mass is 19.4. The summed E-state index contributed by atoms with van der Waals surface area (Å²) in [4.78, 5) is 1.12. The van der Waals surface area contributed by atoms with E-state index in [0.717, 1.165) is 11.0 Å². The molecular weight excluding hydrogens is 250 g/mol. The SMILES string of the molecule is CC(C)N(Cc1cccc(F)c1O)CC(F)(F)F. The number of phenols is 1. The molecule has 0 aliphatic rings. The van der Waals surface area contributed by atoms with Crippen LogP contribution in [0.25, 0.3) is 0 Å². The van der Waals surface area contributed by atoms with Crippen molar-refractivity contribution in [2.24, 2.45) is 0 Å². The Bertz CT molecular complexity index is 404. The minimum absolute atomic E-state index is 0.146. The fraction of sp³-hybridized carbons (Fsp3) is 0.500. The van der Waals surface area contributed by atoms with Crippen LogP contribution in [-0.2, 0) is 6.54 Å². The summed E-state index contributed by atoms with van der Waals surface area (Å²) >= 11 is 0. The van der Waals surface area contributed by atoms with Crippen LogP contribution >= 0.6 is 0 Å². The van der Waals surface area contributed by atoms with Crippen LogP contribution in [0.5, 0.6) is 5.75 Å². The van der Waals surface area contributed by atoms with Crippen LogP contribution in [-0.4, -0.2) is 28.8 Å². The molecule has 0 fully saturated rings. The second-order valence-corrected chi connectivity index (χ2v) is 4.36. The van der Waals surface area contributed by atoms with E-state index in [-0.39, 0.29) is 18.2 Å². The number of para-hydroxylation sites is 1. The number of nitrogens with zero attached hydrogens (tertiary/aromatic N) is 1. The molecule has 2 nitrogen and oxygen atoms in total. The molecule has 0 heterocycles. The molecule has 18 heavy (non-hydrogen) atoms. The maximum atomic E-state index is 13.1. The van der Waals surface area contributed by atoms with Gasteiger partial charge in [0.2, 0.25) is 0 Å². The van der Waals surface area contributed by atoms with Gasteiger partial charge in [0.05, 0.1) is 6.54 Å². The summed E-state index contributed by atoms with van der Waals surface area (Å²) < 4.78 is 50.2. The lowest BCUT2D eigenvalue weighted by Crippen LogP contribution is -2.38. The van der Waals surface area contributed by atoms with Gasteiger partial charge in [0.25, 0.3) is 0 Å². The van der Waals surface area contributed by atoms with E-state index < -0.39 is 24.3 Å². The monoisotopic (exact) mass is 265 g/mol. The van der Waals surface area contributed by atoms with Gasteiger partial charge in [0, 0.05) is 18.2 Å². The number of rotatable bonds is 4. The Morgan fingerprint density at radius 2 is 1.89 bits per heavy atom. The van der Waals surface area contributed by atoms with Crippen LogP contribution in [0.1, 0.15) is 19.4 Å². The highest BCUT2D eigenvalue weighted by Gasteiger charge is 2.32. The van der Waals surface area contributed by atoms with Crippen molar-refractivity contribution in [2.75, 3.05) is 6.54 Å². The van der Waals surface area contributed by atoms with Crippen molar-refractivity contribution in [3.8, 4) is 5.75 Å². The first-order valence-electron chi connectivity index (χ1n) is 5.48. The molecule has 1 rings (SSSR count). The quantitative estimate of drug-likeness (QED) is 0.844. The van der Waals surface area contributed by atoms with Gasteiger partial charge in [-0.3, -0.25) is 4.90 Å². The van der Waals surface area contributed by atoms with Gasteiger partial charge in [-0.2, -0.15) is 13.2 Å². The second kappa shape index (κ2) is 5.56. The van der Waals surface area contributed by atoms with E-state index in [1.165, 1.54) is 12.1 Å². The molecule has 0 amide bonds. The summed E-state index contributed by atoms with van der Waals surface area (Å²) in [5.41, 5.74) is 0.146. The third-order valence-electron chi connectivity index (χ3n) is 2.56. The first kappa shape index (κ1) is 14.8. The maximum absolute atomic E-state index is 13.1. The Hall–Kier alpha value is -1.30. The molecule has 6 heteroatoms. The Kier molecular flexibility index (Phi) is 4.56. The van der Waals surface area contributed by atoms with Crippen LogP contribution in [0, 0.1) is 5.82 Å². The highest BCUT2D eigenvalue weighted by Crippen LogP contribution is 2.25. The zero-order valence-corrected chi connectivity index (χ0v) is 10.1. The molecule has 1 aromatic carbocycles. The lowest BCUT2D eigenvalue weighted by atomic mass is 10.1. The third-order valence-corrected chi connectivity index (χ3v) is 2.56. The summed E-state index contributed by atoms with van der Waals surface area (Å²) in [6.45, 7) is 1.98. The van der Waals surface area contributed by atoms with Crippen LogP contribution in [0.3, 0.4) is 0 Å². The highest BCUT2D eigenvalue weighted by molar-refractivity contribution is 5.33. The maximum Gasteiger partial charge on any atom is 0.401 e. The molecule has 102 valence electrons. The molecule has 0 aliphatic heterocycles. The van der Waals surface area contributed by atoms with Crippen molar-refractivity contribution in [1.29, 1.82) is 0 Å². The first-order chi connectivity index (χ1) is 8.20. The van der Waals surface area contributed by atoms with Gasteiger partial charge in [-0.15, -0.1) is 0 Å². The van der Waals surface area contributed by atoms with Crippen LogP contribution in [0.2, 0.25) is 0 Å². The van der Waals surface area contributed by atoms with E-state index in [1.54, 1.807) is 13.8 Å². The molecule has 0 saturated carbocycles. The van der Waals surface area contributed by atoms with Gasteiger partial charge in [-0.25, -0.2) is 4.39 Å². The summed E-state index contributed by atoms with van der Waals surface area (Å²) in [6.07, 6.45) is -4.33. The van der Waals surface area contributed by atoms with Gasteiger partial charge in [-0.1, -0.05) is 12.1 Å². The lowest BCUT2D eigenvalue weighted by molar-refractivity contribution is -0.150. The van der Waals surface area contributed by atoms with Crippen LogP contribution in [0.15, 0.2) is 18.2 Å². The standard InChI is InChI=1S/C12H15F4NO/c1-8(2)17(7-12(14,15)16)6-9-4-3-5-10(13)11(9)18/h3-5,8,18H,6-7H2,1-2H3. The van der Waals surface area contributed by atoms with Gasteiger partial charge in [0.1, 0.15) is 0 Å². The number of hydrogen-bond donors (Lipinski definition) is 1. The molecule has 0 radical (unpaired) electrons. The van der Waals surface area contributed by atoms with E-state index in [1.807, 2.05) is 0 Å². The number of aromatic hydroxyl groups is 1. The van der Waals surface area contributed by atoms with E-state index in [4.69, 9.17) is 0 Å². The molecule has 0 saturated heterocycles. The van der Waals surface area contributed by atoms with Gasteiger partial charge in [-0.05, 0) is 19.9 Å². The zero-order chi connectivity index (χ0) is 13.9. The Morgan fingerprint density at radius 1 is 1.28 bits per heavy atom. The molecule has 0 atom stereocenters. The minimum Gasteiger partial charge on any atom is -0.505 e. The summed E-state index contributed by atoms with van der Waals surface area (Å²) in [5.74, 6) is -1.42. The third kappa shape index (κ3) is 4.18. The molecule has 0 spiro atoms. The van der Waals surface area contributed by atoms with Crippen molar-refractivity contribution in [3.63, 3.8) is 0 Å². The molecule has 1 N–H and O–H groups in total. The molecule has 0 aliphatic carbocycles. The molecule has 0 aromatic heterocycles. The minimum atomic E-state index is -4.33. The first-order valence-corrected chi connectivity index (χ1v) is 5.48. The number of benzene rings is 1. The Labute approximate surface area is 103 Å². The number of halogens is 4. The second-order valence-electron chi connectivity index (χ2n) is 4.36. The van der Waals surface area contributed by atoms with Crippen molar-refractivity contribution in [3.05, 3.63) is 29.6 Å². The summed E-state index contributed by atoms with van der Waals surface area (Å²) in [6, 6.07) is 3.46. The van der Waals surface area contributed by atoms with Gasteiger partial charge >= 0.3 is 6.18 Å². The largest absolute Gasteiger partial charge is 0.505 e. The topological polar surface area (TPSA) is 23.5 Å². The molecule has 1 aromatic rings. The van der Waals surface area contributed by atoms with E-state index >= 15 is 0 Å². The average molecular weight is 265 g/mol. The molecule has 0 unspecified atom stereocenters. The van der Waals surface area contributed by atoms with Crippen molar-refractivity contribution >= 4 is 0 Å². The van der Waals surface area contributed by atoms with E-state index in [2.05, 4.69) is 0 Å². The van der Waals surface area contributed by atoms with Crippen LogP contribution < -0.4 is 0 Å². The summed E-state index contributed by atoms with van der Waals surface area (Å²) in [7, 11) is 0. The number of phenolic OH excluding ortho intramolecular Hbond substituents is 1. The van der Waals surface area contributed by atoms with E-state index in [0.29, 0.717) is 0 Å². The Morgan fingerprint density at radius 3 is 2.39 bits per heavy atom. The predicted molar refractivity (Wildman–Crippen MR) is 59.7 cm³/mol. The van der Waals surface area contributed by atoms with E-state index in [9.17, 15) is 22.7 Å². The molecular formula is C12H15F4NO. The predicted octanol–water partition coefficient (Wildman–Crippen LogP) is 3.30. The van der Waals surface area contributed by atoms with Gasteiger partial charge in [0.15, 0.2) is 11.6 Å². The van der Waals surface area contributed by atoms with Gasteiger partial charge < -0.3 is 5.11 Å². The fourth-order valence-electron chi connectivity index (χ4n) is 1.56. The number of hydrogen-bond acceptors (Lipinski definition) is 2. The number of alkyl halides is 3. The van der Waals surface area contributed by atoms with Crippen molar-refractivity contribution < 1.29 is 22.7 Å². The molecule has 0 bridgehead atoms.